The lowest BCUT2D eigenvalue weighted by Gasteiger charge is -2.30. The fourth-order valence-electron chi connectivity index (χ4n) is 3.98. The van der Waals surface area contributed by atoms with E-state index >= 15 is 0 Å². The number of hydrogen-bond donors (Lipinski definition) is 0. The van der Waals surface area contributed by atoms with Crippen LogP contribution in [0.15, 0.2) is 59.0 Å². The van der Waals surface area contributed by atoms with Crippen LogP contribution in [0.5, 0.6) is 0 Å². The van der Waals surface area contributed by atoms with E-state index in [1.165, 1.54) is 37.1 Å². The molecule has 0 unspecified atom stereocenters. The van der Waals surface area contributed by atoms with E-state index in [0.717, 1.165) is 0 Å². The van der Waals surface area contributed by atoms with Gasteiger partial charge in [-0.15, -0.1) is 0 Å². The Kier molecular flexibility index (Phi) is 2.81. The summed E-state index contributed by atoms with van der Waals surface area (Å²) < 4.78 is 0. The van der Waals surface area contributed by atoms with Crippen molar-refractivity contribution in [3.63, 3.8) is 0 Å². The Morgan fingerprint density at radius 3 is 2.79 bits per heavy atom. The number of hydrogen-bond acceptors (Lipinski definition) is 1. The molecular weight excluding hydrogens is 230 g/mol. The van der Waals surface area contributed by atoms with Crippen molar-refractivity contribution in [1.82, 2.24) is 4.90 Å². The van der Waals surface area contributed by atoms with Crippen molar-refractivity contribution in [2.45, 2.75) is 39.5 Å². The summed E-state index contributed by atoms with van der Waals surface area (Å²) in [5, 5.41) is 0. The summed E-state index contributed by atoms with van der Waals surface area (Å²) in [7, 11) is 2.21. The zero-order valence-corrected chi connectivity index (χ0v) is 12.3. The highest BCUT2D eigenvalue weighted by Crippen LogP contribution is 2.54. The fraction of sp³-hybridized carbons (Fsp3) is 0.444. The maximum atomic E-state index is 3.88. The maximum absolute atomic E-state index is 3.88. The summed E-state index contributed by atoms with van der Waals surface area (Å²) in [6.45, 7) is 8.59. The van der Waals surface area contributed by atoms with Gasteiger partial charge in [-0.25, -0.2) is 0 Å². The second kappa shape index (κ2) is 4.26. The minimum absolute atomic E-state index is 0.116. The lowest BCUT2D eigenvalue weighted by molar-refractivity contribution is 0.435. The van der Waals surface area contributed by atoms with Crippen molar-refractivity contribution in [3.8, 4) is 0 Å². The van der Waals surface area contributed by atoms with Gasteiger partial charge in [-0.2, -0.15) is 0 Å². The quantitative estimate of drug-likeness (QED) is 0.653. The Morgan fingerprint density at radius 2 is 2.05 bits per heavy atom. The molecule has 0 saturated carbocycles. The highest BCUT2D eigenvalue weighted by Gasteiger charge is 2.43. The van der Waals surface area contributed by atoms with Crippen LogP contribution in [0.2, 0.25) is 0 Å². The van der Waals surface area contributed by atoms with E-state index in [4.69, 9.17) is 0 Å². The van der Waals surface area contributed by atoms with Crippen molar-refractivity contribution < 1.29 is 0 Å². The van der Waals surface area contributed by atoms with Gasteiger partial charge in [-0.05, 0) is 48.5 Å². The lowest BCUT2D eigenvalue weighted by atomic mass is 9.72. The smallest absolute Gasteiger partial charge is 0.0319 e. The molecular formula is C18H23N. The van der Waals surface area contributed by atoms with Crippen molar-refractivity contribution >= 4 is 0 Å². The molecule has 0 N–H and O–H groups in total. The molecule has 1 nitrogen and oxygen atoms in total. The molecule has 1 heterocycles. The SMILES string of the molecule is C=CC=C1N(C)C2=C(C3=C(C=CCC3)CC2)C1(C)C. The Hall–Kier alpha value is -1.50. The van der Waals surface area contributed by atoms with E-state index in [-0.39, 0.29) is 5.41 Å². The number of rotatable bonds is 1. The van der Waals surface area contributed by atoms with Crippen LogP contribution in [0.1, 0.15) is 39.5 Å². The third kappa shape index (κ3) is 1.68. The van der Waals surface area contributed by atoms with Gasteiger partial charge >= 0.3 is 0 Å². The molecule has 100 valence electrons. The molecule has 3 rings (SSSR count). The molecule has 0 atom stereocenters. The molecule has 0 aromatic rings. The normalized spacial score (nSPS) is 26.9. The molecule has 0 saturated heterocycles. The van der Waals surface area contributed by atoms with Gasteiger partial charge in [0, 0.05) is 23.9 Å². The van der Waals surface area contributed by atoms with E-state index in [2.05, 4.69) is 50.6 Å². The first-order chi connectivity index (χ1) is 9.07. The predicted molar refractivity (Wildman–Crippen MR) is 81.5 cm³/mol. The van der Waals surface area contributed by atoms with Crippen LogP contribution in [-0.4, -0.2) is 11.9 Å². The van der Waals surface area contributed by atoms with Gasteiger partial charge < -0.3 is 4.90 Å². The summed E-state index contributed by atoms with van der Waals surface area (Å²) >= 11 is 0. The summed E-state index contributed by atoms with van der Waals surface area (Å²) in [4.78, 5) is 2.40. The zero-order chi connectivity index (χ0) is 13.6. The van der Waals surface area contributed by atoms with Gasteiger partial charge in [0.15, 0.2) is 0 Å². The van der Waals surface area contributed by atoms with Gasteiger partial charge in [-0.1, -0.05) is 38.7 Å². The molecule has 1 aliphatic heterocycles. The number of allylic oxidation sites excluding steroid dienone is 8. The number of fused-ring (bicyclic) bond motifs is 1. The molecule has 2 aliphatic carbocycles. The lowest BCUT2D eigenvalue weighted by Crippen LogP contribution is -2.20. The fourth-order valence-corrected chi connectivity index (χ4v) is 3.98. The van der Waals surface area contributed by atoms with Gasteiger partial charge in [-0.3, -0.25) is 0 Å². The van der Waals surface area contributed by atoms with Crippen LogP contribution < -0.4 is 0 Å². The van der Waals surface area contributed by atoms with Crippen molar-refractivity contribution in [2.75, 3.05) is 7.05 Å². The first kappa shape index (κ1) is 12.5. The molecule has 1 heteroatoms. The van der Waals surface area contributed by atoms with E-state index in [1.807, 2.05) is 6.08 Å². The van der Waals surface area contributed by atoms with Gasteiger partial charge in [0.1, 0.15) is 0 Å². The maximum Gasteiger partial charge on any atom is 0.0319 e. The summed E-state index contributed by atoms with van der Waals surface area (Å²) in [6.07, 6.45) is 13.6. The van der Waals surface area contributed by atoms with Crippen LogP contribution in [-0.2, 0) is 0 Å². The van der Waals surface area contributed by atoms with Crippen LogP contribution in [0.25, 0.3) is 0 Å². The number of nitrogens with zero attached hydrogens (tertiary/aromatic N) is 1. The molecule has 0 spiro atoms. The van der Waals surface area contributed by atoms with Crippen LogP contribution in [0.3, 0.4) is 0 Å². The third-order valence-corrected chi connectivity index (χ3v) is 4.80. The Labute approximate surface area is 116 Å². The molecule has 0 fully saturated rings. The molecule has 3 aliphatic rings. The monoisotopic (exact) mass is 253 g/mol. The van der Waals surface area contributed by atoms with Crippen LogP contribution in [0, 0.1) is 5.41 Å². The largest absolute Gasteiger partial charge is 0.350 e. The summed E-state index contributed by atoms with van der Waals surface area (Å²) in [5.41, 5.74) is 7.82. The topological polar surface area (TPSA) is 3.24 Å². The molecule has 0 bridgehead atoms. The average molecular weight is 253 g/mol. The van der Waals surface area contributed by atoms with E-state index in [9.17, 15) is 0 Å². The first-order valence-electron chi connectivity index (χ1n) is 7.27. The second-order valence-electron chi connectivity index (χ2n) is 6.24. The van der Waals surface area contributed by atoms with Gasteiger partial charge in [0.25, 0.3) is 0 Å². The average Bonchev–Trinajstić information content (AvgIpc) is 2.60. The Morgan fingerprint density at radius 1 is 1.26 bits per heavy atom. The molecule has 0 aromatic heterocycles. The first-order valence-corrected chi connectivity index (χ1v) is 7.27. The Balaban J connectivity index is 2.17. The molecule has 19 heavy (non-hydrogen) atoms. The minimum atomic E-state index is 0.116. The van der Waals surface area contributed by atoms with E-state index < -0.39 is 0 Å². The van der Waals surface area contributed by atoms with Crippen molar-refractivity contribution in [1.29, 1.82) is 0 Å². The van der Waals surface area contributed by atoms with Gasteiger partial charge in [0.05, 0.1) is 0 Å². The Bertz CT molecular complexity index is 552. The van der Waals surface area contributed by atoms with Crippen LogP contribution >= 0.6 is 0 Å². The summed E-state index contributed by atoms with van der Waals surface area (Å²) in [5.74, 6) is 0. The van der Waals surface area contributed by atoms with E-state index in [1.54, 1.807) is 16.7 Å². The van der Waals surface area contributed by atoms with Crippen molar-refractivity contribution in [2.24, 2.45) is 5.41 Å². The highest BCUT2D eigenvalue weighted by molar-refractivity contribution is 5.57. The molecule has 0 amide bonds. The minimum Gasteiger partial charge on any atom is -0.350 e. The summed E-state index contributed by atoms with van der Waals surface area (Å²) in [6, 6.07) is 0. The van der Waals surface area contributed by atoms with E-state index in [0.29, 0.717) is 0 Å². The van der Waals surface area contributed by atoms with Crippen LogP contribution in [0.4, 0.5) is 0 Å². The highest BCUT2D eigenvalue weighted by atomic mass is 15.2. The molecule has 0 aromatic carbocycles. The van der Waals surface area contributed by atoms with Crippen molar-refractivity contribution in [3.05, 3.63) is 59.0 Å². The third-order valence-electron chi connectivity index (χ3n) is 4.80. The standard InChI is InChI=1S/C18H23N/c1-5-8-16-18(2,3)17-14-10-7-6-9-13(14)11-12-15(17)19(16)4/h5-6,8-9H,1,7,10-12H2,2-4H3. The second-order valence-corrected chi connectivity index (χ2v) is 6.24. The molecule has 0 radical (unpaired) electrons. The predicted octanol–water partition coefficient (Wildman–Crippen LogP) is 4.72. The van der Waals surface area contributed by atoms with Gasteiger partial charge in [0.2, 0.25) is 0 Å². The zero-order valence-electron chi connectivity index (χ0n) is 12.3.